The molecule has 2 heterocycles. The fraction of sp³-hybridized carbons (Fsp3) is 0.273. The lowest BCUT2D eigenvalue weighted by Crippen LogP contribution is -2.29. The third-order valence-corrected chi connectivity index (χ3v) is 8.21. The minimum absolute atomic E-state index is 0.00366. The zero-order chi connectivity index (χ0) is 24.5. The summed E-state index contributed by atoms with van der Waals surface area (Å²) in [5.41, 5.74) is 0. The smallest absolute Gasteiger partial charge is 0.322 e. The number of nitrogens with one attached hydrogen (secondary N) is 1. The first-order valence-corrected chi connectivity index (χ1v) is 13.6. The van der Waals surface area contributed by atoms with Gasteiger partial charge in [-0.15, -0.1) is 16.4 Å². The van der Waals surface area contributed by atoms with E-state index in [1.54, 1.807) is 11.5 Å². The first-order chi connectivity index (χ1) is 16.2. The highest BCUT2D eigenvalue weighted by molar-refractivity contribution is 7.89. The predicted octanol–water partition coefficient (Wildman–Crippen LogP) is 6.05. The highest BCUT2D eigenvalue weighted by Gasteiger charge is 2.25. The van der Waals surface area contributed by atoms with E-state index in [1.165, 1.54) is 29.5 Å². The normalized spacial score (nSPS) is 12.7. The highest BCUT2D eigenvalue weighted by Crippen LogP contribution is 2.37. The van der Waals surface area contributed by atoms with Crippen LogP contribution in [-0.2, 0) is 16.6 Å². The van der Waals surface area contributed by atoms with Crippen LogP contribution in [0.2, 0.25) is 10.0 Å². The molecule has 8 nitrogen and oxygen atoms in total. The van der Waals surface area contributed by atoms with Crippen molar-refractivity contribution in [2.45, 2.75) is 38.3 Å². The van der Waals surface area contributed by atoms with E-state index >= 15 is 0 Å². The number of rotatable bonds is 9. The maximum absolute atomic E-state index is 12.9. The molecule has 0 aliphatic carbocycles. The molecular weight excluding hydrogens is 519 g/mol. The van der Waals surface area contributed by atoms with Crippen molar-refractivity contribution in [2.24, 2.45) is 0 Å². The maximum atomic E-state index is 12.9. The second-order valence-electron chi connectivity index (χ2n) is 7.30. The molecule has 0 unspecified atom stereocenters. The Hall–Kier alpha value is -2.37. The molecule has 0 spiro atoms. The molecule has 0 saturated heterocycles. The lowest BCUT2D eigenvalue weighted by Gasteiger charge is -2.15. The average molecular weight is 541 g/mol. The molecule has 0 amide bonds. The molecule has 4 aromatic rings. The number of nitrogens with zero attached hydrogens (tertiary/aromatic N) is 3. The monoisotopic (exact) mass is 540 g/mol. The van der Waals surface area contributed by atoms with E-state index in [4.69, 9.17) is 32.7 Å². The van der Waals surface area contributed by atoms with Gasteiger partial charge in [-0.25, -0.2) is 13.1 Å². The van der Waals surface area contributed by atoms with Crippen LogP contribution in [0.25, 0.3) is 10.1 Å². The molecule has 0 bridgehead atoms. The third-order valence-electron chi connectivity index (χ3n) is 5.01. The van der Waals surface area contributed by atoms with Crippen LogP contribution < -0.4 is 14.2 Å². The van der Waals surface area contributed by atoms with Gasteiger partial charge in [0.15, 0.2) is 5.82 Å². The van der Waals surface area contributed by atoms with E-state index < -0.39 is 16.1 Å². The van der Waals surface area contributed by atoms with E-state index in [2.05, 4.69) is 14.9 Å². The third kappa shape index (κ3) is 5.01. The van der Waals surface area contributed by atoms with E-state index in [-0.39, 0.29) is 21.0 Å². The molecule has 4 rings (SSSR count). The molecule has 0 aliphatic rings. The van der Waals surface area contributed by atoms with E-state index in [0.29, 0.717) is 24.7 Å². The minimum Gasteiger partial charge on any atom is -0.494 e. The Morgan fingerprint density at radius 1 is 1.12 bits per heavy atom. The van der Waals surface area contributed by atoms with E-state index in [9.17, 15) is 8.42 Å². The topological polar surface area (TPSA) is 95.3 Å². The predicted molar refractivity (Wildman–Crippen MR) is 134 cm³/mol. The summed E-state index contributed by atoms with van der Waals surface area (Å²) in [7, 11) is -3.88. The van der Waals surface area contributed by atoms with Crippen molar-refractivity contribution in [1.82, 2.24) is 19.5 Å². The number of hydrogen-bond acceptors (Lipinski definition) is 7. The summed E-state index contributed by atoms with van der Waals surface area (Å²) in [4.78, 5) is 0.00366. The molecule has 2 aromatic carbocycles. The Bertz CT molecular complexity index is 1440. The lowest BCUT2D eigenvalue weighted by molar-refractivity contribution is 0.341. The standard InChI is InChI=1S/C22H22Cl2N4O4S2/c1-4-28-21(13(3)27-34(29,30)15-7-9-17(23)18(24)11-15)25-26-22(28)32-19-12-33-20-10-14(31-5-2)6-8-16(19)20/h6-13,27H,4-5H2,1-3H3/t13-/m1/s1. The number of ether oxygens (including phenoxy) is 2. The van der Waals surface area contributed by atoms with Crippen LogP contribution in [0.5, 0.6) is 17.5 Å². The number of halogens is 2. The summed E-state index contributed by atoms with van der Waals surface area (Å²) in [5.74, 6) is 1.85. The van der Waals surface area contributed by atoms with Crippen LogP contribution in [0.4, 0.5) is 0 Å². The van der Waals surface area contributed by atoms with Crippen LogP contribution in [-0.4, -0.2) is 29.8 Å². The van der Waals surface area contributed by atoms with Gasteiger partial charge in [0, 0.05) is 22.0 Å². The Balaban J connectivity index is 1.57. The van der Waals surface area contributed by atoms with E-state index in [0.717, 1.165) is 15.8 Å². The fourth-order valence-electron chi connectivity index (χ4n) is 3.41. The number of thiophene rings is 1. The largest absolute Gasteiger partial charge is 0.494 e. The van der Waals surface area contributed by atoms with Crippen molar-refractivity contribution < 1.29 is 17.9 Å². The zero-order valence-electron chi connectivity index (χ0n) is 18.6. The van der Waals surface area contributed by atoms with Gasteiger partial charge < -0.3 is 9.47 Å². The van der Waals surface area contributed by atoms with Gasteiger partial charge in [-0.1, -0.05) is 28.3 Å². The van der Waals surface area contributed by atoms with Gasteiger partial charge in [-0.3, -0.25) is 4.57 Å². The van der Waals surface area contributed by atoms with Crippen molar-refractivity contribution in [3.05, 3.63) is 57.6 Å². The molecule has 180 valence electrons. The fourth-order valence-corrected chi connectivity index (χ4v) is 5.89. The Labute approximate surface area is 211 Å². The minimum atomic E-state index is -3.88. The summed E-state index contributed by atoms with van der Waals surface area (Å²) in [6.45, 7) is 6.60. The van der Waals surface area contributed by atoms with Crippen LogP contribution in [0.1, 0.15) is 32.6 Å². The Kier molecular flexibility index (Phi) is 7.34. The molecule has 2 aromatic heterocycles. The van der Waals surface area contributed by atoms with Crippen LogP contribution in [0.3, 0.4) is 0 Å². The van der Waals surface area contributed by atoms with Gasteiger partial charge in [-0.05, 0) is 57.2 Å². The molecule has 12 heteroatoms. The Morgan fingerprint density at radius 3 is 2.62 bits per heavy atom. The van der Waals surface area contributed by atoms with Crippen LogP contribution in [0.15, 0.2) is 46.7 Å². The van der Waals surface area contributed by atoms with Crippen LogP contribution in [0, 0.1) is 0 Å². The lowest BCUT2D eigenvalue weighted by atomic mass is 10.2. The van der Waals surface area contributed by atoms with Crippen LogP contribution >= 0.6 is 34.5 Å². The molecule has 0 saturated carbocycles. The highest BCUT2D eigenvalue weighted by atomic mass is 35.5. The van der Waals surface area contributed by atoms with E-state index in [1.807, 2.05) is 37.4 Å². The first kappa shape index (κ1) is 24.7. The maximum Gasteiger partial charge on any atom is 0.322 e. The summed E-state index contributed by atoms with van der Waals surface area (Å²) >= 11 is 13.4. The van der Waals surface area contributed by atoms with Crippen molar-refractivity contribution in [2.75, 3.05) is 6.61 Å². The molecule has 0 fully saturated rings. The van der Waals surface area contributed by atoms with Gasteiger partial charge in [-0.2, -0.15) is 0 Å². The van der Waals surface area contributed by atoms with Gasteiger partial charge in [0.05, 0.1) is 27.6 Å². The number of aromatic nitrogens is 3. The summed E-state index contributed by atoms with van der Waals surface area (Å²) < 4.78 is 42.7. The summed E-state index contributed by atoms with van der Waals surface area (Å²) in [6.07, 6.45) is 0. The quantitative estimate of drug-likeness (QED) is 0.277. The average Bonchev–Trinajstić information content (AvgIpc) is 3.39. The molecule has 1 N–H and O–H groups in total. The second kappa shape index (κ2) is 10.1. The van der Waals surface area contributed by atoms with Crippen molar-refractivity contribution >= 4 is 54.6 Å². The van der Waals surface area contributed by atoms with Crippen molar-refractivity contribution in [3.63, 3.8) is 0 Å². The molecule has 0 radical (unpaired) electrons. The van der Waals surface area contributed by atoms with Gasteiger partial charge in [0.25, 0.3) is 0 Å². The molecule has 0 aliphatic heterocycles. The number of fused-ring (bicyclic) bond motifs is 1. The van der Waals surface area contributed by atoms with Gasteiger partial charge >= 0.3 is 6.01 Å². The molecular formula is C22H22Cl2N4O4S2. The SMILES string of the molecule is CCOc1ccc2c(Oc3nnc([C@@H](C)NS(=O)(=O)c4ccc(Cl)c(Cl)c4)n3CC)csc2c1. The Morgan fingerprint density at radius 2 is 1.91 bits per heavy atom. The zero-order valence-corrected chi connectivity index (χ0v) is 21.7. The van der Waals surface area contributed by atoms with Crippen molar-refractivity contribution in [3.8, 4) is 17.5 Å². The van der Waals surface area contributed by atoms with Gasteiger partial charge in [0.2, 0.25) is 10.0 Å². The summed E-state index contributed by atoms with van der Waals surface area (Å²) in [6, 6.07) is 9.51. The summed E-state index contributed by atoms with van der Waals surface area (Å²) in [5, 5.41) is 11.6. The van der Waals surface area contributed by atoms with Gasteiger partial charge in [0.1, 0.15) is 11.5 Å². The number of sulfonamides is 1. The second-order valence-corrected chi connectivity index (χ2v) is 10.7. The first-order valence-electron chi connectivity index (χ1n) is 10.5. The number of benzene rings is 2. The molecule has 34 heavy (non-hydrogen) atoms. The number of hydrogen-bond donors (Lipinski definition) is 1. The molecule has 1 atom stereocenters. The van der Waals surface area contributed by atoms with Crippen molar-refractivity contribution in [1.29, 1.82) is 0 Å².